The molecule has 26 heavy (non-hydrogen) atoms. The number of aromatic nitrogens is 2. The molecule has 2 aliphatic rings. The van der Waals surface area contributed by atoms with Crippen LogP contribution in [0.4, 0.5) is 0 Å². The van der Waals surface area contributed by atoms with E-state index in [1.807, 2.05) is 42.9 Å². The largest absolute Gasteiger partial charge is 0.381 e. The summed E-state index contributed by atoms with van der Waals surface area (Å²) in [6.45, 7) is 7.22. The second kappa shape index (κ2) is 9.10. The molecule has 0 spiro atoms. The first-order chi connectivity index (χ1) is 12.7. The van der Waals surface area contributed by atoms with Crippen molar-refractivity contribution >= 4 is 17.7 Å². The Bertz CT molecular complexity index is 595. The van der Waals surface area contributed by atoms with E-state index in [4.69, 9.17) is 9.47 Å². The van der Waals surface area contributed by atoms with E-state index in [0.717, 1.165) is 63.0 Å². The Morgan fingerprint density at radius 3 is 2.88 bits per heavy atom. The molecule has 1 aromatic rings. The van der Waals surface area contributed by atoms with Gasteiger partial charge in [0.2, 0.25) is 0 Å². The molecule has 7 nitrogen and oxygen atoms in total. The first kappa shape index (κ1) is 19.5. The maximum atomic E-state index is 5.96. The Morgan fingerprint density at radius 2 is 2.23 bits per heavy atom. The number of aryl methyl sites for hydroxylation is 1. The summed E-state index contributed by atoms with van der Waals surface area (Å²) in [6, 6.07) is 0. The maximum Gasteiger partial charge on any atom is 0.193 e. The lowest BCUT2D eigenvalue weighted by Gasteiger charge is -2.39. The second-order valence-electron chi connectivity index (χ2n) is 6.88. The standard InChI is InChI=1S/C18H31N5O2S/c1-4-26-18(5-8-24-9-6-18)14-20-17(19-2)23-7-10-25-16(13-23)15-11-21-22(3)12-15/h11-12,16H,4-10,13-14H2,1-3H3,(H,19,20). The van der Waals surface area contributed by atoms with E-state index in [1.165, 1.54) is 0 Å². The minimum atomic E-state index is 0.0399. The van der Waals surface area contributed by atoms with Crippen molar-refractivity contribution in [1.29, 1.82) is 0 Å². The lowest BCUT2D eigenvalue weighted by atomic mass is 9.99. The molecule has 0 radical (unpaired) electrons. The van der Waals surface area contributed by atoms with Gasteiger partial charge in [-0.25, -0.2) is 0 Å². The monoisotopic (exact) mass is 381 g/mol. The van der Waals surface area contributed by atoms with E-state index in [-0.39, 0.29) is 10.9 Å². The normalized spacial score (nSPS) is 23.9. The van der Waals surface area contributed by atoms with Gasteiger partial charge < -0.3 is 19.7 Å². The maximum absolute atomic E-state index is 5.96. The zero-order chi connectivity index (χ0) is 18.4. The average Bonchev–Trinajstić information content (AvgIpc) is 3.10. The van der Waals surface area contributed by atoms with Crippen LogP contribution in [0.2, 0.25) is 0 Å². The highest BCUT2D eigenvalue weighted by molar-refractivity contribution is 8.00. The van der Waals surface area contributed by atoms with Crippen molar-refractivity contribution in [3.63, 3.8) is 0 Å². The number of hydrogen-bond donors (Lipinski definition) is 1. The topological polar surface area (TPSA) is 63.9 Å². The summed E-state index contributed by atoms with van der Waals surface area (Å²) < 4.78 is 13.6. The molecule has 2 saturated heterocycles. The number of morpholine rings is 1. The van der Waals surface area contributed by atoms with Gasteiger partial charge in [-0.2, -0.15) is 16.9 Å². The molecular formula is C18H31N5O2S. The summed E-state index contributed by atoms with van der Waals surface area (Å²) in [5.41, 5.74) is 1.12. The lowest BCUT2D eigenvalue weighted by Crippen LogP contribution is -2.52. The van der Waals surface area contributed by atoms with Crippen molar-refractivity contribution < 1.29 is 9.47 Å². The van der Waals surface area contributed by atoms with E-state index >= 15 is 0 Å². The van der Waals surface area contributed by atoms with Gasteiger partial charge in [0, 0.05) is 56.9 Å². The zero-order valence-corrected chi connectivity index (χ0v) is 16.9. The number of nitrogens with zero attached hydrogens (tertiary/aromatic N) is 4. The van der Waals surface area contributed by atoms with Gasteiger partial charge in [0.15, 0.2) is 5.96 Å². The van der Waals surface area contributed by atoms with Crippen LogP contribution in [-0.2, 0) is 16.5 Å². The molecule has 0 saturated carbocycles. The van der Waals surface area contributed by atoms with Crippen molar-refractivity contribution in [3.05, 3.63) is 18.0 Å². The summed E-state index contributed by atoms with van der Waals surface area (Å²) in [4.78, 5) is 6.83. The molecule has 3 rings (SSSR count). The third-order valence-corrected chi connectivity index (χ3v) is 6.55. The van der Waals surface area contributed by atoms with E-state index in [9.17, 15) is 0 Å². The Hall–Kier alpha value is -1.25. The molecule has 0 amide bonds. The molecule has 0 aromatic carbocycles. The molecule has 146 valence electrons. The minimum absolute atomic E-state index is 0.0399. The van der Waals surface area contributed by atoms with Crippen LogP contribution in [0, 0.1) is 0 Å². The summed E-state index contributed by atoms with van der Waals surface area (Å²) in [6.07, 6.45) is 6.14. The smallest absolute Gasteiger partial charge is 0.193 e. The van der Waals surface area contributed by atoms with Gasteiger partial charge in [-0.3, -0.25) is 9.67 Å². The molecular weight excluding hydrogens is 350 g/mol. The van der Waals surface area contributed by atoms with Crippen LogP contribution in [0.1, 0.15) is 31.4 Å². The van der Waals surface area contributed by atoms with Crippen LogP contribution in [-0.4, -0.2) is 77.6 Å². The third-order valence-electron chi connectivity index (χ3n) is 5.10. The van der Waals surface area contributed by atoms with Crippen LogP contribution in [0.5, 0.6) is 0 Å². The molecule has 8 heteroatoms. The van der Waals surface area contributed by atoms with Gasteiger partial charge >= 0.3 is 0 Å². The average molecular weight is 382 g/mol. The number of nitrogens with one attached hydrogen (secondary N) is 1. The third kappa shape index (κ3) is 4.72. The SMILES string of the molecule is CCSC1(CNC(=NC)N2CCOC(c3cnn(C)c3)C2)CCOCC1. The quantitative estimate of drug-likeness (QED) is 0.618. The fourth-order valence-electron chi connectivity index (χ4n) is 3.64. The van der Waals surface area contributed by atoms with Crippen LogP contribution >= 0.6 is 11.8 Å². The summed E-state index contributed by atoms with van der Waals surface area (Å²) in [7, 11) is 3.80. The van der Waals surface area contributed by atoms with E-state index < -0.39 is 0 Å². The molecule has 2 fully saturated rings. The lowest BCUT2D eigenvalue weighted by molar-refractivity contribution is -0.00815. The number of ether oxygens (including phenoxy) is 2. The number of aliphatic imine (C=N–C) groups is 1. The van der Waals surface area contributed by atoms with E-state index in [0.29, 0.717) is 6.61 Å². The summed E-state index contributed by atoms with van der Waals surface area (Å²) in [5, 5.41) is 7.90. The highest BCUT2D eigenvalue weighted by Crippen LogP contribution is 2.34. The van der Waals surface area contributed by atoms with E-state index in [2.05, 4.69) is 27.2 Å². The summed E-state index contributed by atoms with van der Waals surface area (Å²) >= 11 is 2.05. The molecule has 1 aromatic heterocycles. The van der Waals surface area contributed by atoms with Gasteiger partial charge in [0.05, 0.1) is 19.3 Å². The Morgan fingerprint density at radius 1 is 1.42 bits per heavy atom. The van der Waals surface area contributed by atoms with Crippen molar-refractivity contribution in [2.75, 3.05) is 52.3 Å². The molecule has 1 unspecified atom stereocenters. The second-order valence-corrected chi connectivity index (χ2v) is 8.61. The van der Waals surface area contributed by atoms with Crippen molar-refractivity contribution in [3.8, 4) is 0 Å². The van der Waals surface area contributed by atoms with Crippen LogP contribution in [0.3, 0.4) is 0 Å². The Balaban J connectivity index is 1.61. The Labute approximate surface area is 160 Å². The number of hydrogen-bond acceptors (Lipinski definition) is 5. The highest BCUT2D eigenvalue weighted by atomic mass is 32.2. The molecule has 1 N–H and O–H groups in total. The summed E-state index contributed by atoms with van der Waals surface area (Å²) in [5.74, 6) is 2.09. The number of guanidine groups is 1. The molecule has 1 atom stereocenters. The van der Waals surface area contributed by atoms with Gasteiger partial charge in [0.25, 0.3) is 0 Å². The molecule has 0 aliphatic carbocycles. The van der Waals surface area contributed by atoms with Crippen LogP contribution in [0.25, 0.3) is 0 Å². The first-order valence-electron chi connectivity index (χ1n) is 9.43. The molecule has 2 aliphatic heterocycles. The van der Waals surface area contributed by atoms with Crippen molar-refractivity contribution in [2.45, 2.75) is 30.6 Å². The number of thioether (sulfide) groups is 1. The van der Waals surface area contributed by atoms with Gasteiger partial charge in [-0.15, -0.1) is 0 Å². The molecule has 0 bridgehead atoms. The van der Waals surface area contributed by atoms with Crippen molar-refractivity contribution in [2.24, 2.45) is 12.0 Å². The van der Waals surface area contributed by atoms with Gasteiger partial charge in [-0.05, 0) is 18.6 Å². The Kier molecular flexibility index (Phi) is 6.83. The van der Waals surface area contributed by atoms with Gasteiger partial charge in [0.1, 0.15) is 6.10 Å². The predicted octanol–water partition coefficient (Wildman–Crippen LogP) is 1.67. The first-order valence-corrected chi connectivity index (χ1v) is 10.4. The fourth-order valence-corrected chi connectivity index (χ4v) is 4.89. The van der Waals surface area contributed by atoms with Crippen LogP contribution < -0.4 is 5.32 Å². The zero-order valence-electron chi connectivity index (χ0n) is 16.1. The van der Waals surface area contributed by atoms with Crippen molar-refractivity contribution in [1.82, 2.24) is 20.0 Å². The van der Waals surface area contributed by atoms with Crippen LogP contribution in [0.15, 0.2) is 17.4 Å². The van der Waals surface area contributed by atoms with E-state index in [1.54, 1.807) is 0 Å². The fraction of sp³-hybridized carbons (Fsp3) is 0.778. The predicted molar refractivity (Wildman–Crippen MR) is 106 cm³/mol. The minimum Gasteiger partial charge on any atom is -0.381 e. The number of rotatable bonds is 5. The van der Waals surface area contributed by atoms with Gasteiger partial charge in [-0.1, -0.05) is 6.92 Å². The highest BCUT2D eigenvalue weighted by Gasteiger charge is 2.33. The molecule has 3 heterocycles.